The molecule has 1 aliphatic heterocycles. The predicted molar refractivity (Wildman–Crippen MR) is 74.8 cm³/mol. The maximum atomic E-state index is 13.7. The van der Waals surface area contributed by atoms with Crippen molar-refractivity contribution in [1.29, 1.82) is 0 Å². The maximum absolute atomic E-state index is 13.7. The van der Waals surface area contributed by atoms with E-state index in [1.165, 1.54) is 0 Å². The summed E-state index contributed by atoms with van der Waals surface area (Å²) >= 11 is 5.80. The maximum Gasteiger partial charge on any atom is 0.231 e. The molecule has 1 aliphatic rings. The van der Waals surface area contributed by atoms with Gasteiger partial charge < -0.3 is 10.6 Å². The number of hydrogen-bond donors (Lipinski definition) is 2. The Balaban J connectivity index is 2.23. The van der Waals surface area contributed by atoms with Gasteiger partial charge in [0.05, 0.1) is 16.1 Å². The van der Waals surface area contributed by atoms with Gasteiger partial charge in [-0.15, -0.1) is 0 Å². The molecule has 1 heterocycles. The molecule has 0 bridgehead atoms. The lowest BCUT2D eigenvalue weighted by Gasteiger charge is -2.35. The minimum atomic E-state index is -0.863. The molecule has 6 heteroatoms. The Labute approximate surface area is 121 Å². The third-order valence-electron chi connectivity index (χ3n) is 3.88. The second-order valence-electron chi connectivity index (χ2n) is 5.11. The number of anilines is 1. The first-order valence-electron chi connectivity index (χ1n) is 6.65. The highest BCUT2D eigenvalue weighted by Crippen LogP contribution is 2.34. The van der Waals surface area contributed by atoms with E-state index in [-0.39, 0.29) is 16.6 Å². The Hall–Kier alpha value is -1.20. The second-order valence-corrected chi connectivity index (χ2v) is 5.52. The van der Waals surface area contributed by atoms with Gasteiger partial charge in [-0.3, -0.25) is 4.79 Å². The summed E-state index contributed by atoms with van der Waals surface area (Å²) in [5.74, 6) is -1.91. The minimum absolute atomic E-state index is 0.133. The number of carbonyl (C=O) groups excluding carboxylic acids is 1. The second kappa shape index (κ2) is 6.06. The Bertz CT molecular complexity index is 493. The number of halogens is 3. The Kier molecular flexibility index (Phi) is 4.60. The van der Waals surface area contributed by atoms with Crippen LogP contribution in [0.2, 0.25) is 5.02 Å². The van der Waals surface area contributed by atoms with E-state index in [9.17, 15) is 13.6 Å². The van der Waals surface area contributed by atoms with Crippen LogP contribution in [0.25, 0.3) is 0 Å². The van der Waals surface area contributed by atoms with E-state index < -0.39 is 17.0 Å². The van der Waals surface area contributed by atoms with Gasteiger partial charge in [-0.1, -0.05) is 18.5 Å². The summed E-state index contributed by atoms with van der Waals surface area (Å²) in [5, 5.41) is 5.57. The van der Waals surface area contributed by atoms with Crippen molar-refractivity contribution < 1.29 is 13.6 Å². The molecule has 1 saturated heterocycles. The summed E-state index contributed by atoms with van der Waals surface area (Å²) in [6, 6.07) is 1.69. The highest BCUT2D eigenvalue weighted by molar-refractivity contribution is 6.33. The largest absolute Gasteiger partial charge is 0.322 e. The van der Waals surface area contributed by atoms with E-state index in [0.717, 1.165) is 25.5 Å². The fourth-order valence-electron chi connectivity index (χ4n) is 2.53. The number of carbonyl (C=O) groups is 1. The van der Waals surface area contributed by atoms with Crippen LogP contribution in [0.15, 0.2) is 12.1 Å². The zero-order valence-electron chi connectivity index (χ0n) is 11.2. The van der Waals surface area contributed by atoms with E-state index in [0.29, 0.717) is 19.0 Å². The smallest absolute Gasteiger partial charge is 0.231 e. The van der Waals surface area contributed by atoms with Crippen LogP contribution >= 0.6 is 11.6 Å². The van der Waals surface area contributed by atoms with Gasteiger partial charge in [0, 0.05) is 12.6 Å². The van der Waals surface area contributed by atoms with Crippen molar-refractivity contribution >= 4 is 23.2 Å². The topological polar surface area (TPSA) is 41.1 Å². The molecule has 1 aromatic carbocycles. The average Bonchev–Trinajstić information content (AvgIpc) is 2.43. The highest BCUT2D eigenvalue weighted by Gasteiger charge is 2.38. The number of nitrogens with one attached hydrogen (secondary N) is 2. The van der Waals surface area contributed by atoms with Crippen molar-refractivity contribution in [3.8, 4) is 0 Å². The summed E-state index contributed by atoms with van der Waals surface area (Å²) < 4.78 is 26.7. The standard InChI is InChI=1S/C14H17ClF2N2O/c1-2-14(4-3-5-18-8-14)13(20)19-12-10(15)6-9(16)7-11(12)17/h6-7,18H,2-5,8H2,1H3,(H,19,20). The summed E-state index contributed by atoms with van der Waals surface area (Å²) in [6.07, 6.45) is 2.27. The van der Waals surface area contributed by atoms with Crippen LogP contribution in [-0.4, -0.2) is 19.0 Å². The monoisotopic (exact) mass is 302 g/mol. The van der Waals surface area contributed by atoms with Crippen LogP contribution < -0.4 is 10.6 Å². The van der Waals surface area contributed by atoms with Gasteiger partial charge in [-0.05, 0) is 31.9 Å². The number of benzene rings is 1. The lowest BCUT2D eigenvalue weighted by Crippen LogP contribution is -2.47. The molecule has 0 spiro atoms. The number of rotatable bonds is 3. The molecule has 20 heavy (non-hydrogen) atoms. The highest BCUT2D eigenvalue weighted by atomic mass is 35.5. The summed E-state index contributed by atoms with van der Waals surface area (Å²) in [6.45, 7) is 3.35. The van der Waals surface area contributed by atoms with Gasteiger partial charge in [0.15, 0.2) is 5.82 Å². The molecule has 110 valence electrons. The van der Waals surface area contributed by atoms with Crippen LogP contribution in [0, 0.1) is 17.0 Å². The van der Waals surface area contributed by atoms with Crippen molar-refractivity contribution in [3.05, 3.63) is 28.8 Å². The molecular formula is C14H17ClF2N2O. The van der Waals surface area contributed by atoms with Gasteiger partial charge in [-0.2, -0.15) is 0 Å². The third-order valence-corrected chi connectivity index (χ3v) is 4.17. The molecule has 3 nitrogen and oxygen atoms in total. The Morgan fingerprint density at radius 2 is 2.25 bits per heavy atom. The van der Waals surface area contributed by atoms with Crippen LogP contribution in [0.1, 0.15) is 26.2 Å². The molecule has 1 aromatic rings. The van der Waals surface area contributed by atoms with Crippen molar-refractivity contribution in [1.82, 2.24) is 5.32 Å². The van der Waals surface area contributed by atoms with E-state index >= 15 is 0 Å². The zero-order valence-corrected chi connectivity index (χ0v) is 12.0. The molecule has 0 aliphatic carbocycles. The molecule has 0 radical (unpaired) electrons. The first-order valence-corrected chi connectivity index (χ1v) is 7.03. The fourth-order valence-corrected chi connectivity index (χ4v) is 2.77. The lowest BCUT2D eigenvalue weighted by molar-refractivity contribution is -0.126. The van der Waals surface area contributed by atoms with Crippen molar-refractivity contribution in [2.24, 2.45) is 5.41 Å². The zero-order chi connectivity index (χ0) is 14.8. The SMILES string of the molecule is CCC1(C(=O)Nc2c(F)cc(F)cc2Cl)CCCNC1. The number of amides is 1. The van der Waals surface area contributed by atoms with Crippen LogP contribution in [-0.2, 0) is 4.79 Å². The van der Waals surface area contributed by atoms with Crippen molar-refractivity contribution in [3.63, 3.8) is 0 Å². The molecule has 1 atom stereocenters. The van der Waals surface area contributed by atoms with E-state index in [1.54, 1.807) is 0 Å². The van der Waals surface area contributed by atoms with Gasteiger partial charge in [0.2, 0.25) is 5.91 Å². The molecular weight excluding hydrogens is 286 g/mol. The molecule has 0 saturated carbocycles. The lowest BCUT2D eigenvalue weighted by atomic mass is 9.77. The molecule has 1 amide bonds. The number of piperidine rings is 1. The Morgan fingerprint density at radius 1 is 1.50 bits per heavy atom. The number of hydrogen-bond acceptors (Lipinski definition) is 2. The van der Waals surface area contributed by atoms with Gasteiger partial charge in [-0.25, -0.2) is 8.78 Å². The van der Waals surface area contributed by atoms with Crippen LogP contribution in [0.3, 0.4) is 0 Å². The molecule has 0 aromatic heterocycles. The Morgan fingerprint density at radius 3 is 2.80 bits per heavy atom. The van der Waals surface area contributed by atoms with E-state index in [2.05, 4.69) is 10.6 Å². The van der Waals surface area contributed by atoms with Gasteiger partial charge in [0.25, 0.3) is 0 Å². The van der Waals surface area contributed by atoms with Gasteiger partial charge >= 0.3 is 0 Å². The summed E-state index contributed by atoms with van der Waals surface area (Å²) in [4.78, 5) is 12.4. The van der Waals surface area contributed by atoms with Gasteiger partial charge in [0.1, 0.15) is 5.82 Å². The summed E-state index contributed by atoms with van der Waals surface area (Å²) in [5.41, 5.74) is -0.723. The molecule has 1 fully saturated rings. The predicted octanol–water partition coefficient (Wildman–Crippen LogP) is 3.34. The van der Waals surface area contributed by atoms with E-state index in [4.69, 9.17) is 11.6 Å². The third kappa shape index (κ3) is 2.94. The summed E-state index contributed by atoms with van der Waals surface area (Å²) in [7, 11) is 0. The van der Waals surface area contributed by atoms with Crippen LogP contribution in [0.4, 0.5) is 14.5 Å². The first kappa shape index (κ1) is 15.2. The normalized spacial score (nSPS) is 22.6. The average molecular weight is 303 g/mol. The molecule has 1 unspecified atom stereocenters. The quantitative estimate of drug-likeness (QED) is 0.899. The first-order chi connectivity index (χ1) is 9.48. The molecule has 2 rings (SSSR count). The van der Waals surface area contributed by atoms with E-state index in [1.807, 2.05) is 6.92 Å². The van der Waals surface area contributed by atoms with Crippen molar-refractivity contribution in [2.75, 3.05) is 18.4 Å². The minimum Gasteiger partial charge on any atom is -0.322 e. The van der Waals surface area contributed by atoms with Crippen LogP contribution in [0.5, 0.6) is 0 Å². The molecule has 2 N–H and O–H groups in total. The van der Waals surface area contributed by atoms with Crippen molar-refractivity contribution in [2.45, 2.75) is 26.2 Å². The fraction of sp³-hybridized carbons (Fsp3) is 0.500.